The first-order valence-corrected chi connectivity index (χ1v) is 8.05. The Balaban J connectivity index is 1.98. The van der Waals surface area contributed by atoms with Crippen LogP contribution in [0, 0.1) is 0 Å². The van der Waals surface area contributed by atoms with Crippen molar-refractivity contribution in [3.05, 3.63) is 71.4 Å². The second-order valence-corrected chi connectivity index (χ2v) is 6.42. The van der Waals surface area contributed by atoms with Gasteiger partial charge >= 0.3 is 0 Å². The van der Waals surface area contributed by atoms with Gasteiger partial charge in [0, 0.05) is 42.7 Å². The van der Waals surface area contributed by atoms with Crippen LogP contribution in [-0.4, -0.2) is 29.6 Å². The summed E-state index contributed by atoms with van der Waals surface area (Å²) in [7, 11) is 4.46. The highest BCUT2D eigenvalue weighted by molar-refractivity contribution is 5.86. The number of likely N-dealkylation sites (N-methyl/N-ethyl adjacent to an activating group) is 1. The number of fused-ring (bicyclic) bond motifs is 3. The van der Waals surface area contributed by atoms with E-state index < -0.39 is 0 Å². The minimum absolute atomic E-state index is 0.445. The molecule has 2 heterocycles. The lowest BCUT2D eigenvalue weighted by Gasteiger charge is -2.22. The summed E-state index contributed by atoms with van der Waals surface area (Å²) in [4.78, 5) is 2.46. The molecule has 0 N–H and O–H groups in total. The lowest BCUT2D eigenvalue weighted by Crippen LogP contribution is -2.25. The number of nitrogens with zero attached hydrogens (tertiary/aromatic N) is 2. The van der Waals surface area contributed by atoms with Gasteiger partial charge in [-0.25, -0.2) is 0 Å². The van der Waals surface area contributed by atoms with Crippen molar-refractivity contribution in [3.8, 4) is 0 Å². The van der Waals surface area contributed by atoms with E-state index in [-0.39, 0.29) is 0 Å². The maximum atomic E-state index is 2.46. The van der Waals surface area contributed by atoms with Crippen LogP contribution in [0.2, 0.25) is 0 Å². The van der Waals surface area contributed by atoms with E-state index in [9.17, 15) is 0 Å². The molecular formula is C20H22N2. The molecule has 3 aromatic rings. The Hall–Kier alpha value is -2.06. The van der Waals surface area contributed by atoms with Crippen LogP contribution in [-0.2, 0) is 13.5 Å². The van der Waals surface area contributed by atoms with Gasteiger partial charge < -0.3 is 9.47 Å². The number of aryl methyl sites for hydroxylation is 1. The molecule has 0 fully saturated rings. The number of hydrogen-bond donors (Lipinski definition) is 0. The predicted octanol–water partition coefficient (Wildman–Crippen LogP) is 3.80. The summed E-state index contributed by atoms with van der Waals surface area (Å²) in [6.45, 7) is 2.21. The highest BCUT2D eigenvalue weighted by atomic mass is 15.1. The Morgan fingerprint density at radius 2 is 1.64 bits per heavy atom. The van der Waals surface area contributed by atoms with Gasteiger partial charge in [0.2, 0.25) is 0 Å². The van der Waals surface area contributed by atoms with Gasteiger partial charge in [-0.15, -0.1) is 0 Å². The van der Waals surface area contributed by atoms with Crippen LogP contribution in [0.4, 0.5) is 0 Å². The summed E-state index contributed by atoms with van der Waals surface area (Å²) in [5, 5.41) is 1.43. The van der Waals surface area contributed by atoms with Gasteiger partial charge in [-0.2, -0.15) is 0 Å². The monoisotopic (exact) mass is 290 g/mol. The van der Waals surface area contributed by atoms with Gasteiger partial charge in [-0.3, -0.25) is 0 Å². The van der Waals surface area contributed by atoms with E-state index in [4.69, 9.17) is 0 Å². The first kappa shape index (κ1) is 13.6. The summed E-state index contributed by atoms with van der Waals surface area (Å²) < 4.78 is 2.42. The van der Waals surface area contributed by atoms with Crippen LogP contribution in [0.3, 0.4) is 0 Å². The fourth-order valence-corrected chi connectivity index (χ4v) is 3.94. The average Bonchev–Trinajstić information content (AvgIpc) is 2.72. The van der Waals surface area contributed by atoms with Gasteiger partial charge in [0.15, 0.2) is 0 Å². The molecule has 2 heteroatoms. The second-order valence-electron chi connectivity index (χ2n) is 6.42. The lowest BCUT2D eigenvalue weighted by atomic mass is 9.92. The first-order valence-electron chi connectivity index (χ1n) is 8.05. The van der Waals surface area contributed by atoms with Crippen LogP contribution < -0.4 is 0 Å². The first-order chi connectivity index (χ1) is 10.8. The van der Waals surface area contributed by atoms with Crippen LogP contribution in [0.1, 0.15) is 22.7 Å². The van der Waals surface area contributed by atoms with Gasteiger partial charge in [0.1, 0.15) is 0 Å². The molecule has 0 spiro atoms. The molecule has 2 aromatic carbocycles. The van der Waals surface area contributed by atoms with Crippen molar-refractivity contribution >= 4 is 10.9 Å². The lowest BCUT2D eigenvalue weighted by molar-refractivity contribution is 0.336. The van der Waals surface area contributed by atoms with E-state index in [2.05, 4.69) is 78.2 Å². The van der Waals surface area contributed by atoms with E-state index in [1.165, 1.54) is 27.7 Å². The zero-order valence-electron chi connectivity index (χ0n) is 13.3. The SMILES string of the molecule is CN1CCc2c(n(C)c3ccccc23)[C@@H](c2ccccc2)C1. The van der Waals surface area contributed by atoms with Crippen molar-refractivity contribution in [3.63, 3.8) is 0 Å². The molecule has 0 unspecified atom stereocenters. The summed E-state index contributed by atoms with van der Waals surface area (Å²) in [6.07, 6.45) is 1.14. The third-order valence-electron chi connectivity index (χ3n) is 5.03. The van der Waals surface area contributed by atoms with E-state index in [0.717, 1.165) is 19.5 Å². The molecule has 112 valence electrons. The van der Waals surface area contributed by atoms with Crippen molar-refractivity contribution < 1.29 is 0 Å². The number of rotatable bonds is 1. The fraction of sp³-hybridized carbons (Fsp3) is 0.300. The molecule has 0 bridgehead atoms. The maximum absolute atomic E-state index is 2.46. The number of aromatic nitrogens is 1. The van der Waals surface area contributed by atoms with Crippen LogP contribution >= 0.6 is 0 Å². The third kappa shape index (κ3) is 2.06. The highest BCUT2D eigenvalue weighted by Gasteiger charge is 2.27. The Kier molecular flexibility index (Phi) is 3.27. The number of benzene rings is 2. The van der Waals surface area contributed by atoms with E-state index in [1.54, 1.807) is 0 Å². The van der Waals surface area contributed by atoms with E-state index in [1.807, 2.05) is 0 Å². The van der Waals surface area contributed by atoms with Crippen molar-refractivity contribution in [2.75, 3.05) is 20.1 Å². The van der Waals surface area contributed by atoms with Crippen molar-refractivity contribution in [1.82, 2.24) is 9.47 Å². The largest absolute Gasteiger partial charge is 0.347 e. The summed E-state index contributed by atoms with van der Waals surface area (Å²) >= 11 is 0. The number of hydrogen-bond acceptors (Lipinski definition) is 1. The second kappa shape index (κ2) is 5.29. The van der Waals surface area contributed by atoms with Crippen molar-refractivity contribution in [1.29, 1.82) is 0 Å². The van der Waals surface area contributed by atoms with Crippen molar-refractivity contribution in [2.45, 2.75) is 12.3 Å². The van der Waals surface area contributed by atoms with Gasteiger partial charge in [-0.1, -0.05) is 48.5 Å². The molecule has 0 amide bonds. The minimum atomic E-state index is 0.445. The number of para-hydroxylation sites is 1. The third-order valence-corrected chi connectivity index (χ3v) is 5.03. The summed E-state index contributed by atoms with van der Waals surface area (Å²) in [5.74, 6) is 0.445. The zero-order chi connectivity index (χ0) is 15.1. The Morgan fingerprint density at radius 3 is 2.45 bits per heavy atom. The summed E-state index contributed by atoms with van der Waals surface area (Å²) in [5.41, 5.74) is 5.81. The quantitative estimate of drug-likeness (QED) is 0.662. The normalized spacial score (nSPS) is 19.1. The Morgan fingerprint density at radius 1 is 0.909 bits per heavy atom. The smallest absolute Gasteiger partial charge is 0.0482 e. The van der Waals surface area contributed by atoms with Crippen LogP contribution in [0.25, 0.3) is 10.9 Å². The molecule has 0 saturated carbocycles. The highest BCUT2D eigenvalue weighted by Crippen LogP contribution is 2.36. The van der Waals surface area contributed by atoms with Gasteiger partial charge in [0.05, 0.1) is 0 Å². The van der Waals surface area contributed by atoms with E-state index in [0.29, 0.717) is 5.92 Å². The molecule has 0 aliphatic carbocycles. The van der Waals surface area contributed by atoms with Gasteiger partial charge in [-0.05, 0) is 30.7 Å². The minimum Gasteiger partial charge on any atom is -0.347 e. The molecule has 0 radical (unpaired) electrons. The molecule has 4 rings (SSSR count). The summed E-state index contributed by atoms with van der Waals surface area (Å²) in [6, 6.07) is 19.8. The maximum Gasteiger partial charge on any atom is 0.0482 e. The van der Waals surface area contributed by atoms with Crippen molar-refractivity contribution in [2.24, 2.45) is 7.05 Å². The van der Waals surface area contributed by atoms with Crippen LogP contribution in [0.15, 0.2) is 54.6 Å². The molecule has 1 aliphatic rings. The standard InChI is InChI=1S/C20H22N2/c1-21-13-12-17-16-10-6-7-11-19(16)22(2)20(17)18(14-21)15-8-4-3-5-9-15/h3-11,18H,12-14H2,1-2H3/t18-/m1/s1. The molecule has 0 saturated heterocycles. The molecule has 1 atom stereocenters. The topological polar surface area (TPSA) is 8.17 Å². The molecule has 1 aliphatic heterocycles. The fourth-order valence-electron chi connectivity index (χ4n) is 3.94. The van der Waals surface area contributed by atoms with Gasteiger partial charge in [0.25, 0.3) is 0 Å². The Bertz CT molecular complexity index is 801. The zero-order valence-corrected chi connectivity index (χ0v) is 13.3. The molecular weight excluding hydrogens is 268 g/mol. The average molecular weight is 290 g/mol. The van der Waals surface area contributed by atoms with E-state index >= 15 is 0 Å². The molecule has 22 heavy (non-hydrogen) atoms. The molecule has 1 aromatic heterocycles. The molecule has 2 nitrogen and oxygen atoms in total. The van der Waals surface area contributed by atoms with Crippen LogP contribution in [0.5, 0.6) is 0 Å². The Labute approximate surface area is 132 Å². The predicted molar refractivity (Wildman–Crippen MR) is 92.4 cm³/mol.